The van der Waals surface area contributed by atoms with Crippen LogP contribution < -0.4 is 11.1 Å². The van der Waals surface area contributed by atoms with E-state index in [0.29, 0.717) is 19.0 Å². The first-order valence-electron chi connectivity index (χ1n) is 10.1. The van der Waals surface area contributed by atoms with Crippen LogP contribution in [0.2, 0.25) is 0 Å². The second-order valence-corrected chi connectivity index (χ2v) is 7.74. The average Bonchev–Trinajstić information content (AvgIpc) is 2.62. The van der Waals surface area contributed by atoms with Crippen LogP contribution in [0.15, 0.2) is 0 Å². The lowest BCUT2D eigenvalue weighted by molar-refractivity contribution is -0.138. The van der Waals surface area contributed by atoms with E-state index in [1.165, 1.54) is 0 Å². The van der Waals surface area contributed by atoms with Crippen LogP contribution in [-0.2, 0) is 14.3 Å². The number of ether oxygens (including phenoxy) is 1. The van der Waals surface area contributed by atoms with Crippen molar-refractivity contribution in [3.8, 4) is 0 Å². The van der Waals surface area contributed by atoms with Crippen LogP contribution in [0.1, 0.15) is 47.5 Å². The lowest BCUT2D eigenvalue weighted by Crippen LogP contribution is -2.54. The fourth-order valence-corrected chi connectivity index (χ4v) is 3.70. The van der Waals surface area contributed by atoms with Crippen molar-refractivity contribution < 1.29 is 14.3 Å². The summed E-state index contributed by atoms with van der Waals surface area (Å²) in [5, 5.41) is 2.82. The molecule has 0 aromatic rings. The highest BCUT2D eigenvalue weighted by Gasteiger charge is 2.32. The number of hydrogen-bond acceptors (Lipinski definition) is 5. The minimum absolute atomic E-state index is 0.0118. The molecule has 0 aliphatic rings. The maximum Gasteiger partial charge on any atom is 0.242 e. The standard InChI is InChI=1S/C20H42N4O3/c1-9-15(5)19(16(10-2)27-8)24(7)17(25)13-22-20(26)18(14(3)4)23(6)12-11-21/h14-16,18-19H,9-13,21H2,1-8H3,(H,22,26). The van der Waals surface area contributed by atoms with Gasteiger partial charge in [-0.3, -0.25) is 14.5 Å². The fourth-order valence-electron chi connectivity index (χ4n) is 3.70. The molecular weight excluding hydrogens is 344 g/mol. The summed E-state index contributed by atoms with van der Waals surface area (Å²) in [6, 6.07) is -0.324. The summed E-state index contributed by atoms with van der Waals surface area (Å²) in [7, 11) is 5.37. The van der Waals surface area contributed by atoms with Gasteiger partial charge in [0.05, 0.1) is 24.7 Å². The van der Waals surface area contributed by atoms with Crippen LogP contribution in [0.4, 0.5) is 0 Å². The van der Waals surface area contributed by atoms with Crippen LogP contribution in [0, 0.1) is 11.8 Å². The lowest BCUT2D eigenvalue weighted by Gasteiger charge is -2.37. The Morgan fingerprint density at radius 3 is 2.11 bits per heavy atom. The molecule has 0 fully saturated rings. The third-order valence-electron chi connectivity index (χ3n) is 5.42. The summed E-state index contributed by atoms with van der Waals surface area (Å²) in [5.41, 5.74) is 5.61. The third kappa shape index (κ3) is 7.76. The third-order valence-corrected chi connectivity index (χ3v) is 5.42. The molecule has 0 bridgehead atoms. The molecule has 0 heterocycles. The molecule has 7 nitrogen and oxygen atoms in total. The van der Waals surface area contributed by atoms with Gasteiger partial charge in [0.25, 0.3) is 0 Å². The van der Waals surface area contributed by atoms with Crippen molar-refractivity contribution in [2.75, 3.05) is 40.8 Å². The number of nitrogens with two attached hydrogens (primary N) is 1. The molecule has 0 spiro atoms. The first-order chi connectivity index (χ1) is 12.7. The van der Waals surface area contributed by atoms with Crippen LogP contribution >= 0.6 is 0 Å². The van der Waals surface area contributed by atoms with Crippen molar-refractivity contribution in [1.29, 1.82) is 0 Å². The summed E-state index contributed by atoms with van der Waals surface area (Å²) >= 11 is 0. The van der Waals surface area contributed by atoms with Crippen LogP contribution in [0.25, 0.3) is 0 Å². The van der Waals surface area contributed by atoms with Gasteiger partial charge in [0.1, 0.15) is 0 Å². The van der Waals surface area contributed by atoms with Gasteiger partial charge in [-0.2, -0.15) is 0 Å². The van der Waals surface area contributed by atoms with E-state index in [1.807, 2.05) is 25.8 Å². The molecule has 2 amide bonds. The lowest BCUT2D eigenvalue weighted by atomic mass is 9.91. The quantitative estimate of drug-likeness (QED) is 0.498. The second-order valence-electron chi connectivity index (χ2n) is 7.74. The van der Waals surface area contributed by atoms with E-state index in [0.717, 1.165) is 12.8 Å². The molecule has 0 radical (unpaired) electrons. The highest BCUT2D eigenvalue weighted by Crippen LogP contribution is 2.21. The number of carbonyl (C=O) groups is 2. The van der Waals surface area contributed by atoms with Gasteiger partial charge in [-0.1, -0.05) is 41.0 Å². The number of carbonyl (C=O) groups excluding carboxylic acids is 2. The van der Waals surface area contributed by atoms with E-state index in [-0.39, 0.29) is 42.5 Å². The number of nitrogens with one attached hydrogen (secondary N) is 1. The molecule has 0 aliphatic carbocycles. The van der Waals surface area contributed by atoms with Crippen LogP contribution in [0.3, 0.4) is 0 Å². The Bertz CT molecular complexity index is 441. The van der Waals surface area contributed by atoms with E-state index >= 15 is 0 Å². The molecule has 0 aliphatic heterocycles. The largest absolute Gasteiger partial charge is 0.379 e. The maximum absolute atomic E-state index is 12.8. The zero-order valence-corrected chi connectivity index (χ0v) is 18.6. The van der Waals surface area contributed by atoms with E-state index < -0.39 is 0 Å². The Balaban J connectivity index is 5.05. The summed E-state index contributed by atoms with van der Waals surface area (Å²) in [6.07, 6.45) is 1.76. The molecule has 3 N–H and O–H groups in total. The number of rotatable bonds is 13. The second kappa shape index (κ2) is 13.1. The molecule has 160 valence electrons. The minimum atomic E-state index is -0.306. The van der Waals surface area contributed by atoms with E-state index in [9.17, 15) is 9.59 Å². The normalized spacial score (nSPS) is 16.1. The topological polar surface area (TPSA) is 87.9 Å². The van der Waals surface area contributed by atoms with Crippen molar-refractivity contribution in [1.82, 2.24) is 15.1 Å². The summed E-state index contributed by atoms with van der Waals surface area (Å²) in [5.74, 6) is 0.188. The first kappa shape index (κ1) is 25.8. The van der Waals surface area contributed by atoms with Crippen LogP contribution in [0.5, 0.6) is 0 Å². The molecule has 7 heteroatoms. The molecule has 0 saturated carbocycles. The van der Waals surface area contributed by atoms with Gasteiger partial charge in [0, 0.05) is 27.2 Å². The number of amides is 2. The summed E-state index contributed by atoms with van der Waals surface area (Å²) in [4.78, 5) is 29.1. The Kier molecular flexibility index (Phi) is 12.5. The Morgan fingerprint density at radius 1 is 1.11 bits per heavy atom. The van der Waals surface area contributed by atoms with Gasteiger partial charge in [-0.25, -0.2) is 0 Å². The zero-order valence-electron chi connectivity index (χ0n) is 18.6. The van der Waals surface area contributed by atoms with E-state index in [4.69, 9.17) is 10.5 Å². The van der Waals surface area contributed by atoms with Crippen LogP contribution in [-0.4, -0.2) is 80.6 Å². The Morgan fingerprint density at radius 2 is 1.70 bits per heavy atom. The molecule has 0 aromatic heterocycles. The summed E-state index contributed by atoms with van der Waals surface area (Å²) in [6.45, 7) is 11.4. The van der Waals surface area contributed by atoms with Crippen molar-refractivity contribution in [2.45, 2.75) is 65.6 Å². The molecule has 4 atom stereocenters. The predicted octanol–water partition coefficient (Wildman–Crippen LogP) is 1.32. The smallest absolute Gasteiger partial charge is 0.242 e. The Hall–Kier alpha value is -1.18. The monoisotopic (exact) mass is 386 g/mol. The SMILES string of the molecule is CCC(C)C(C(CC)OC)N(C)C(=O)CNC(=O)C(C(C)C)N(C)CCN. The maximum atomic E-state index is 12.8. The first-order valence-corrected chi connectivity index (χ1v) is 10.1. The predicted molar refractivity (Wildman–Crippen MR) is 110 cm³/mol. The fraction of sp³-hybridized carbons (Fsp3) is 0.900. The van der Waals surface area contributed by atoms with Crippen molar-refractivity contribution >= 4 is 11.8 Å². The zero-order chi connectivity index (χ0) is 21.1. The minimum Gasteiger partial charge on any atom is -0.379 e. The van der Waals surface area contributed by atoms with Gasteiger partial charge in [-0.05, 0) is 25.3 Å². The van der Waals surface area contributed by atoms with Gasteiger partial charge < -0.3 is 20.7 Å². The molecule has 0 aromatic carbocycles. The van der Waals surface area contributed by atoms with Crippen molar-refractivity contribution in [2.24, 2.45) is 17.6 Å². The number of hydrogen-bond donors (Lipinski definition) is 2. The molecule has 0 rings (SSSR count). The number of nitrogens with zero attached hydrogens (tertiary/aromatic N) is 2. The van der Waals surface area contributed by atoms with Gasteiger partial charge in [-0.15, -0.1) is 0 Å². The average molecular weight is 387 g/mol. The molecular formula is C20H42N4O3. The Labute approximate surface area is 166 Å². The highest BCUT2D eigenvalue weighted by atomic mass is 16.5. The van der Waals surface area contributed by atoms with Gasteiger partial charge >= 0.3 is 0 Å². The van der Waals surface area contributed by atoms with Gasteiger partial charge in [0.2, 0.25) is 11.8 Å². The van der Waals surface area contributed by atoms with Gasteiger partial charge in [0.15, 0.2) is 0 Å². The van der Waals surface area contributed by atoms with Crippen molar-refractivity contribution in [3.63, 3.8) is 0 Å². The molecule has 0 saturated heterocycles. The highest BCUT2D eigenvalue weighted by molar-refractivity contribution is 5.87. The summed E-state index contributed by atoms with van der Waals surface area (Å²) < 4.78 is 5.61. The molecule has 27 heavy (non-hydrogen) atoms. The number of likely N-dealkylation sites (N-methyl/N-ethyl adjacent to an activating group) is 2. The molecule has 4 unspecified atom stereocenters. The van der Waals surface area contributed by atoms with E-state index in [2.05, 4.69) is 26.1 Å². The number of methoxy groups -OCH3 is 1. The van der Waals surface area contributed by atoms with E-state index in [1.54, 1.807) is 19.1 Å². The van der Waals surface area contributed by atoms with Crippen molar-refractivity contribution in [3.05, 3.63) is 0 Å².